The summed E-state index contributed by atoms with van der Waals surface area (Å²) in [6.45, 7) is 0. The molecule has 4 nitrogen and oxygen atoms in total. The molecule has 1 aliphatic heterocycles. The third kappa shape index (κ3) is 2.00. The number of nitrogens with one attached hydrogen (secondary N) is 1. The monoisotopic (exact) mass is 336 g/mol. The van der Waals surface area contributed by atoms with Gasteiger partial charge in [0.25, 0.3) is 11.8 Å². The van der Waals surface area contributed by atoms with Crippen molar-refractivity contribution in [3.05, 3.63) is 65.2 Å². The van der Waals surface area contributed by atoms with Crippen LogP contribution in [0.3, 0.4) is 0 Å². The number of halogens is 1. The van der Waals surface area contributed by atoms with Gasteiger partial charge in [0.1, 0.15) is 5.03 Å². The predicted molar refractivity (Wildman–Crippen MR) is 94.3 cm³/mol. The first-order valence-electron chi connectivity index (χ1n) is 7.48. The molecule has 5 heteroatoms. The normalized spacial score (nSPS) is 15.0. The van der Waals surface area contributed by atoms with E-state index in [9.17, 15) is 9.59 Å². The van der Waals surface area contributed by atoms with Gasteiger partial charge in [-0.2, -0.15) is 0 Å². The van der Waals surface area contributed by atoms with Crippen molar-refractivity contribution < 1.29 is 9.59 Å². The lowest BCUT2D eigenvalue weighted by Gasteiger charge is -2.08. The smallest absolute Gasteiger partial charge is 0.272 e. The van der Waals surface area contributed by atoms with Crippen LogP contribution in [0, 0.1) is 0 Å². The number of fused-ring (bicyclic) bond motifs is 1. The Kier molecular flexibility index (Phi) is 3.28. The van der Waals surface area contributed by atoms with Crippen LogP contribution in [0.1, 0.15) is 5.56 Å². The second-order valence-electron chi connectivity index (χ2n) is 5.64. The lowest BCUT2D eigenvalue weighted by molar-refractivity contribution is -0.134. The van der Waals surface area contributed by atoms with Gasteiger partial charge in [0.15, 0.2) is 0 Å². The lowest BCUT2D eigenvalue weighted by atomic mass is 9.98. The SMILES string of the molecule is CN1C(=O)C(Cl)=C(c2c(-c3ccccc3)[nH]c3ccccc23)C1=O. The Hall–Kier alpha value is -2.85. The number of aromatic amines is 1. The van der Waals surface area contributed by atoms with Crippen LogP contribution in [0.4, 0.5) is 0 Å². The molecule has 0 spiro atoms. The molecule has 0 unspecified atom stereocenters. The Labute approximate surface area is 143 Å². The maximum Gasteiger partial charge on any atom is 0.272 e. The predicted octanol–water partition coefficient (Wildman–Crippen LogP) is 3.78. The molecule has 0 saturated heterocycles. The minimum Gasteiger partial charge on any atom is -0.354 e. The molecule has 2 amide bonds. The number of amides is 2. The van der Waals surface area contributed by atoms with E-state index in [2.05, 4.69) is 4.98 Å². The summed E-state index contributed by atoms with van der Waals surface area (Å²) in [5.41, 5.74) is 3.51. The van der Waals surface area contributed by atoms with Crippen LogP contribution >= 0.6 is 11.6 Å². The second-order valence-corrected chi connectivity index (χ2v) is 6.02. The number of likely N-dealkylation sites (N-methyl/N-ethyl adjacent to an activating group) is 1. The first-order chi connectivity index (χ1) is 11.6. The molecular weight excluding hydrogens is 324 g/mol. The summed E-state index contributed by atoms with van der Waals surface area (Å²) in [7, 11) is 1.44. The molecule has 3 aromatic rings. The van der Waals surface area contributed by atoms with Gasteiger partial charge in [-0.25, -0.2) is 0 Å². The summed E-state index contributed by atoms with van der Waals surface area (Å²) in [6, 6.07) is 17.3. The molecule has 24 heavy (non-hydrogen) atoms. The number of benzene rings is 2. The van der Waals surface area contributed by atoms with Crippen molar-refractivity contribution >= 4 is 39.9 Å². The van der Waals surface area contributed by atoms with Crippen LogP contribution in [0.15, 0.2) is 59.6 Å². The number of aromatic nitrogens is 1. The maximum atomic E-state index is 12.6. The quantitative estimate of drug-likeness (QED) is 0.724. The molecular formula is C19H13ClN2O2. The Morgan fingerprint density at radius 1 is 0.917 bits per heavy atom. The zero-order valence-electron chi connectivity index (χ0n) is 12.8. The van der Waals surface area contributed by atoms with Gasteiger partial charge in [-0.1, -0.05) is 60.1 Å². The highest BCUT2D eigenvalue weighted by molar-refractivity contribution is 6.55. The molecule has 0 radical (unpaired) electrons. The van der Waals surface area contributed by atoms with Gasteiger partial charge in [-0.05, 0) is 11.6 Å². The highest BCUT2D eigenvalue weighted by Crippen LogP contribution is 2.40. The third-order valence-corrected chi connectivity index (χ3v) is 4.60. The van der Waals surface area contributed by atoms with Crippen LogP contribution in [-0.2, 0) is 9.59 Å². The number of rotatable bonds is 2. The number of nitrogens with zero attached hydrogens (tertiary/aromatic N) is 1. The second kappa shape index (κ2) is 5.35. The fourth-order valence-electron chi connectivity index (χ4n) is 3.05. The summed E-state index contributed by atoms with van der Waals surface area (Å²) in [4.78, 5) is 29.1. The van der Waals surface area contributed by atoms with E-state index in [4.69, 9.17) is 11.6 Å². The van der Waals surface area contributed by atoms with Crippen LogP contribution in [-0.4, -0.2) is 28.7 Å². The van der Waals surface area contributed by atoms with Crippen LogP contribution in [0.2, 0.25) is 0 Å². The van der Waals surface area contributed by atoms with Crippen molar-refractivity contribution in [2.75, 3.05) is 7.05 Å². The summed E-state index contributed by atoms with van der Waals surface area (Å²) in [5, 5.41) is 0.824. The molecule has 1 aliphatic rings. The zero-order chi connectivity index (χ0) is 16.8. The first-order valence-corrected chi connectivity index (χ1v) is 7.86. The van der Waals surface area contributed by atoms with E-state index in [1.165, 1.54) is 7.05 Å². The Balaban J connectivity index is 2.08. The molecule has 0 atom stereocenters. The van der Waals surface area contributed by atoms with Crippen molar-refractivity contribution in [2.24, 2.45) is 0 Å². The Bertz CT molecular complexity index is 1020. The standard InChI is InChI=1S/C19H13ClN2O2/c1-22-18(23)15(16(20)19(22)24)14-12-9-5-6-10-13(12)21-17(14)11-7-3-2-4-8-11/h2-10,21H,1H3. The molecule has 4 rings (SSSR count). The van der Waals surface area contributed by atoms with E-state index in [0.29, 0.717) is 5.56 Å². The lowest BCUT2D eigenvalue weighted by Crippen LogP contribution is -2.26. The maximum absolute atomic E-state index is 12.6. The van der Waals surface area contributed by atoms with Crippen molar-refractivity contribution in [3.63, 3.8) is 0 Å². The number of carbonyl (C=O) groups excluding carboxylic acids is 2. The summed E-state index contributed by atoms with van der Waals surface area (Å²) >= 11 is 6.22. The average molecular weight is 337 g/mol. The summed E-state index contributed by atoms with van der Waals surface area (Å²) in [5.74, 6) is -0.854. The van der Waals surface area contributed by atoms with Crippen LogP contribution in [0.5, 0.6) is 0 Å². The highest BCUT2D eigenvalue weighted by Gasteiger charge is 2.38. The van der Waals surface area contributed by atoms with E-state index in [-0.39, 0.29) is 16.5 Å². The summed E-state index contributed by atoms with van der Waals surface area (Å²) < 4.78 is 0. The molecule has 0 aliphatic carbocycles. The third-order valence-electron chi connectivity index (χ3n) is 4.25. The molecule has 2 aromatic carbocycles. The van der Waals surface area contributed by atoms with Crippen molar-refractivity contribution in [2.45, 2.75) is 0 Å². The Morgan fingerprint density at radius 3 is 2.25 bits per heavy atom. The average Bonchev–Trinajstić information content (AvgIpc) is 3.08. The molecule has 1 aromatic heterocycles. The van der Waals surface area contributed by atoms with Gasteiger partial charge in [0, 0.05) is 23.5 Å². The number of hydrogen-bond donors (Lipinski definition) is 1. The topological polar surface area (TPSA) is 53.2 Å². The van der Waals surface area contributed by atoms with E-state index in [1.54, 1.807) is 0 Å². The molecule has 1 N–H and O–H groups in total. The van der Waals surface area contributed by atoms with Gasteiger partial charge in [-0.3, -0.25) is 14.5 Å². The fraction of sp³-hybridized carbons (Fsp3) is 0.0526. The summed E-state index contributed by atoms with van der Waals surface area (Å²) in [6.07, 6.45) is 0. The molecule has 0 saturated carbocycles. The molecule has 2 heterocycles. The minimum atomic E-state index is -0.471. The van der Waals surface area contributed by atoms with Crippen molar-refractivity contribution in [1.82, 2.24) is 9.88 Å². The first kappa shape index (κ1) is 14.7. The van der Waals surface area contributed by atoms with Gasteiger partial charge < -0.3 is 4.98 Å². The van der Waals surface area contributed by atoms with E-state index >= 15 is 0 Å². The number of para-hydroxylation sites is 1. The number of imide groups is 1. The van der Waals surface area contributed by atoms with Gasteiger partial charge in [0.2, 0.25) is 0 Å². The van der Waals surface area contributed by atoms with Crippen molar-refractivity contribution in [1.29, 1.82) is 0 Å². The zero-order valence-corrected chi connectivity index (χ0v) is 13.6. The van der Waals surface area contributed by atoms with E-state index in [0.717, 1.165) is 27.1 Å². The van der Waals surface area contributed by atoms with Crippen LogP contribution < -0.4 is 0 Å². The van der Waals surface area contributed by atoms with Crippen molar-refractivity contribution in [3.8, 4) is 11.3 Å². The van der Waals surface area contributed by atoms with Gasteiger partial charge in [0.05, 0.1) is 11.3 Å². The van der Waals surface area contributed by atoms with Gasteiger partial charge >= 0.3 is 0 Å². The minimum absolute atomic E-state index is 0.0376. The highest BCUT2D eigenvalue weighted by atomic mass is 35.5. The number of H-pyrrole nitrogens is 1. The van der Waals surface area contributed by atoms with E-state index < -0.39 is 5.91 Å². The van der Waals surface area contributed by atoms with Gasteiger partial charge in [-0.15, -0.1) is 0 Å². The largest absolute Gasteiger partial charge is 0.354 e. The fourth-order valence-corrected chi connectivity index (χ4v) is 3.35. The number of carbonyl (C=O) groups is 2. The molecule has 0 fully saturated rings. The Morgan fingerprint density at radius 2 is 1.58 bits per heavy atom. The molecule has 0 bridgehead atoms. The van der Waals surface area contributed by atoms with Crippen LogP contribution in [0.25, 0.3) is 27.7 Å². The number of hydrogen-bond acceptors (Lipinski definition) is 2. The van der Waals surface area contributed by atoms with E-state index in [1.807, 2.05) is 54.6 Å². The molecule has 118 valence electrons.